The summed E-state index contributed by atoms with van der Waals surface area (Å²) in [6, 6.07) is 8.66. The Morgan fingerprint density at radius 3 is 2.77 bits per heavy atom. The average molecular weight is 344 g/mol. The molecular weight excluding hydrogens is 320 g/mol. The van der Waals surface area contributed by atoms with Crippen LogP contribution in [-0.2, 0) is 11.8 Å². The van der Waals surface area contributed by atoms with Crippen molar-refractivity contribution in [3.05, 3.63) is 72.8 Å². The molecule has 1 fully saturated rings. The number of benzene rings is 1. The Bertz CT molecular complexity index is 1030. The lowest BCUT2D eigenvalue weighted by Crippen LogP contribution is -2.20. The first-order chi connectivity index (χ1) is 12.7. The van der Waals surface area contributed by atoms with Crippen molar-refractivity contribution >= 4 is 27.4 Å². The Labute approximate surface area is 154 Å². The van der Waals surface area contributed by atoms with Gasteiger partial charge in [0.2, 0.25) is 0 Å². The predicted octanol–water partition coefficient (Wildman–Crippen LogP) is 5.77. The van der Waals surface area contributed by atoms with Crippen molar-refractivity contribution in [1.82, 2.24) is 9.55 Å². The molecule has 2 heterocycles. The fraction of sp³-hybridized carbons (Fsp3) is 0.261. The van der Waals surface area contributed by atoms with Crippen molar-refractivity contribution in [2.24, 2.45) is 7.05 Å². The van der Waals surface area contributed by atoms with Crippen LogP contribution < -0.4 is 0 Å². The van der Waals surface area contributed by atoms with E-state index in [4.69, 9.17) is 4.74 Å². The summed E-state index contributed by atoms with van der Waals surface area (Å²) in [6.07, 6.45) is 13.9. The normalized spacial score (nSPS) is 15.7. The molecule has 1 aliphatic carbocycles. The van der Waals surface area contributed by atoms with Gasteiger partial charge in [-0.05, 0) is 55.5 Å². The van der Waals surface area contributed by atoms with Crippen LogP contribution in [0.4, 0.5) is 0 Å². The molecule has 3 aromatic rings. The predicted molar refractivity (Wildman–Crippen MR) is 109 cm³/mol. The highest BCUT2D eigenvalue weighted by atomic mass is 16.5. The van der Waals surface area contributed by atoms with Gasteiger partial charge in [0, 0.05) is 35.7 Å². The monoisotopic (exact) mass is 344 g/mol. The van der Waals surface area contributed by atoms with Crippen LogP contribution in [0.1, 0.15) is 31.7 Å². The highest BCUT2D eigenvalue weighted by molar-refractivity contribution is 6.08. The van der Waals surface area contributed by atoms with Crippen molar-refractivity contribution in [3.63, 3.8) is 0 Å². The SMILES string of the molecule is C=C(/C=C\C(=C/C)c1ccc2c3cnccc3n(C)c2c1)OC1CCC1. The van der Waals surface area contributed by atoms with Crippen LogP contribution in [0.5, 0.6) is 0 Å². The second-order valence-electron chi connectivity index (χ2n) is 6.90. The van der Waals surface area contributed by atoms with E-state index in [1.54, 1.807) is 0 Å². The van der Waals surface area contributed by atoms with E-state index in [1.165, 1.54) is 33.8 Å². The summed E-state index contributed by atoms with van der Waals surface area (Å²) in [5.41, 5.74) is 4.76. The fourth-order valence-corrected chi connectivity index (χ4v) is 3.52. The molecule has 4 rings (SSSR count). The van der Waals surface area contributed by atoms with Gasteiger partial charge in [-0.1, -0.05) is 30.9 Å². The second-order valence-corrected chi connectivity index (χ2v) is 6.90. The molecule has 1 aromatic carbocycles. The van der Waals surface area contributed by atoms with Gasteiger partial charge in [-0.3, -0.25) is 4.98 Å². The van der Waals surface area contributed by atoms with E-state index in [9.17, 15) is 0 Å². The minimum atomic E-state index is 0.363. The number of rotatable bonds is 5. The lowest BCUT2D eigenvalue weighted by atomic mass is 9.96. The average Bonchev–Trinajstić information content (AvgIpc) is 2.92. The Hall–Kier alpha value is -2.81. The zero-order valence-electron chi connectivity index (χ0n) is 15.4. The van der Waals surface area contributed by atoms with Crippen molar-refractivity contribution < 1.29 is 4.74 Å². The molecule has 0 bridgehead atoms. The van der Waals surface area contributed by atoms with Crippen LogP contribution in [0.15, 0.2) is 67.2 Å². The van der Waals surface area contributed by atoms with Crippen molar-refractivity contribution in [1.29, 1.82) is 0 Å². The summed E-state index contributed by atoms with van der Waals surface area (Å²) < 4.78 is 8.05. The van der Waals surface area contributed by atoms with Crippen LogP contribution in [-0.4, -0.2) is 15.7 Å². The highest BCUT2D eigenvalue weighted by Gasteiger charge is 2.18. The van der Waals surface area contributed by atoms with Crippen LogP contribution in [0.2, 0.25) is 0 Å². The standard InChI is InChI=1S/C23H24N2O/c1-4-17(9-8-16(2)26-19-6-5-7-19)18-10-11-20-21-15-24-13-12-22(21)25(3)23(20)14-18/h4,8-15,19H,2,5-7H2,1,3H3/b9-8-,17-4+. The zero-order chi connectivity index (χ0) is 18.1. The molecule has 0 spiro atoms. The molecule has 3 heteroatoms. The summed E-state index contributed by atoms with van der Waals surface area (Å²) in [5, 5.41) is 2.42. The maximum atomic E-state index is 5.83. The Morgan fingerprint density at radius 1 is 1.19 bits per heavy atom. The van der Waals surface area contributed by atoms with E-state index in [0.29, 0.717) is 6.10 Å². The largest absolute Gasteiger partial charge is 0.491 e. The number of aryl methyl sites for hydroxylation is 1. The molecule has 0 unspecified atom stereocenters. The van der Waals surface area contributed by atoms with E-state index in [1.807, 2.05) is 18.5 Å². The number of aromatic nitrogens is 2. The Balaban J connectivity index is 1.65. The summed E-state index contributed by atoms with van der Waals surface area (Å²) >= 11 is 0. The molecule has 0 amide bonds. The molecule has 26 heavy (non-hydrogen) atoms. The number of hydrogen-bond donors (Lipinski definition) is 0. The van der Waals surface area contributed by atoms with Gasteiger partial charge in [0.15, 0.2) is 0 Å². The van der Waals surface area contributed by atoms with E-state index in [2.05, 4.69) is 66.5 Å². The van der Waals surface area contributed by atoms with Gasteiger partial charge in [0.1, 0.15) is 5.76 Å². The van der Waals surface area contributed by atoms with E-state index >= 15 is 0 Å². The lowest BCUT2D eigenvalue weighted by molar-refractivity contribution is 0.0599. The third kappa shape index (κ3) is 2.94. The number of allylic oxidation sites excluding steroid dienone is 4. The number of nitrogens with zero attached hydrogens (tertiary/aromatic N) is 2. The van der Waals surface area contributed by atoms with Crippen molar-refractivity contribution in [3.8, 4) is 0 Å². The molecule has 0 saturated heterocycles. The first-order valence-corrected chi connectivity index (χ1v) is 9.20. The molecular formula is C23H24N2O. The van der Waals surface area contributed by atoms with Crippen LogP contribution in [0.3, 0.4) is 0 Å². The maximum Gasteiger partial charge on any atom is 0.112 e. The minimum absolute atomic E-state index is 0.363. The highest BCUT2D eigenvalue weighted by Crippen LogP contribution is 2.30. The number of fused-ring (bicyclic) bond motifs is 3. The van der Waals surface area contributed by atoms with E-state index in [-0.39, 0.29) is 0 Å². The summed E-state index contributed by atoms with van der Waals surface area (Å²) in [6.45, 7) is 6.08. The molecule has 2 aromatic heterocycles. The van der Waals surface area contributed by atoms with Crippen LogP contribution >= 0.6 is 0 Å². The van der Waals surface area contributed by atoms with Crippen molar-refractivity contribution in [2.75, 3.05) is 0 Å². The van der Waals surface area contributed by atoms with Crippen LogP contribution in [0, 0.1) is 0 Å². The van der Waals surface area contributed by atoms with Gasteiger partial charge in [-0.15, -0.1) is 0 Å². The third-order valence-corrected chi connectivity index (χ3v) is 5.27. The molecule has 0 radical (unpaired) electrons. The smallest absolute Gasteiger partial charge is 0.112 e. The van der Waals surface area contributed by atoms with Gasteiger partial charge < -0.3 is 9.30 Å². The lowest BCUT2D eigenvalue weighted by Gasteiger charge is -2.26. The number of pyridine rings is 1. The van der Waals surface area contributed by atoms with Crippen molar-refractivity contribution in [2.45, 2.75) is 32.3 Å². The fourth-order valence-electron chi connectivity index (χ4n) is 3.52. The number of ether oxygens (including phenoxy) is 1. The van der Waals surface area contributed by atoms with E-state index < -0.39 is 0 Å². The summed E-state index contributed by atoms with van der Waals surface area (Å²) in [4.78, 5) is 4.27. The molecule has 0 atom stereocenters. The van der Waals surface area contributed by atoms with Gasteiger partial charge in [-0.25, -0.2) is 0 Å². The topological polar surface area (TPSA) is 27.1 Å². The minimum Gasteiger partial charge on any atom is -0.491 e. The number of hydrogen-bond acceptors (Lipinski definition) is 2. The molecule has 3 nitrogen and oxygen atoms in total. The van der Waals surface area contributed by atoms with E-state index in [0.717, 1.165) is 24.2 Å². The molecule has 0 aliphatic heterocycles. The van der Waals surface area contributed by atoms with Gasteiger partial charge in [0.25, 0.3) is 0 Å². The quantitative estimate of drug-likeness (QED) is 0.434. The Morgan fingerprint density at radius 2 is 2.04 bits per heavy atom. The zero-order valence-corrected chi connectivity index (χ0v) is 15.4. The summed E-state index contributed by atoms with van der Waals surface area (Å²) in [7, 11) is 2.11. The Kier molecular flexibility index (Phi) is 4.37. The van der Waals surface area contributed by atoms with Gasteiger partial charge in [-0.2, -0.15) is 0 Å². The maximum absolute atomic E-state index is 5.83. The van der Waals surface area contributed by atoms with Gasteiger partial charge in [0.05, 0.1) is 11.6 Å². The molecule has 0 N–H and O–H groups in total. The second kappa shape index (κ2) is 6.83. The third-order valence-electron chi connectivity index (χ3n) is 5.27. The first-order valence-electron chi connectivity index (χ1n) is 9.20. The van der Waals surface area contributed by atoms with Crippen LogP contribution in [0.25, 0.3) is 27.4 Å². The first kappa shape index (κ1) is 16.6. The molecule has 1 saturated carbocycles. The summed E-state index contributed by atoms with van der Waals surface area (Å²) in [5.74, 6) is 0.741. The molecule has 1 aliphatic rings. The molecule has 132 valence electrons. The van der Waals surface area contributed by atoms with Gasteiger partial charge >= 0.3 is 0 Å².